The maximum atomic E-state index is 9.05. The number of nitrogens with zero attached hydrogens (tertiary/aromatic N) is 2. The van der Waals surface area contributed by atoms with Gasteiger partial charge in [-0.2, -0.15) is 0 Å². The maximum absolute atomic E-state index is 9.05. The third-order valence-corrected chi connectivity index (χ3v) is 4.00. The summed E-state index contributed by atoms with van der Waals surface area (Å²) < 4.78 is 0. The minimum absolute atomic E-state index is 0.139. The summed E-state index contributed by atoms with van der Waals surface area (Å²) in [5.41, 5.74) is 8.55. The smallest absolute Gasteiger partial charge is 0.170 e. The maximum Gasteiger partial charge on any atom is 0.170 e. The van der Waals surface area contributed by atoms with E-state index in [0.29, 0.717) is 6.04 Å². The highest BCUT2D eigenvalue weighted by atomic mass is 16.4. The number of rotatable bonds is 6. The Kier molecular flexibility index (Phi) is 4.84. The molecule has 20 heavy (non-hydrogen) atoms. The van der Waals surface area contributed by atoms with Gasteiger partial charge in [-0.25, -0.2) is 0 Å². The number of aliphatic hydroxyl groups excluding tert-OH is 1. The largest absolute Gasteiger partial charge is 0.409 e. The van der Waals surface area contributed by atoms with Crippen molar-refractivity contribution in [1.29, 1.82) is 0 Å². The Morgan fingerprint density at radius 1 is 1.45 bits per heavy atom. The third kappa shape index (κ3) is 3.04. The van der Waals surface area contributed by atoms with Crippen LogP contribution in [0, 0.1) is 6.92 Å². The van der Waals surface area contributed by atoms with E-state index < -0.39 is 0 Å². The molecule has 0 aromatic heterocycles. The summed E-state index contributed by atoms with van der Waals surface area (Å²) in [6.07, 6.45) is 4.48. The Morgan fingerprint density at radius 2 is 2.20 bits per heavy atom. The van der Waals surface area contributed by atoms with Crippen molar-refractivity contribution in [2.45, 2.75) is 38.6 Å². The van der Waals surface area contributed by atoms with E-state index in [4.69, 9.17) is 16.0 Å². The van der Waals surface area contributed by atoms with Gasteiger partial charge in [0.1, 0.15) is 0 Å². The molecule has 0 bridgehead atoms. The van der Waals surface area contributed by atoms with Crippen LogP contribution in [0.1, 0.15) is 36.8 Å². The van der Waals surface area contributed by atoms with Crippen LogP contribution in [0.5, 0.6) is 0 Å². The van der Waals surface area contributed by atoms with E-state index in [1.54, 1.807) is 0 Å². The number of nitrogens with two attached hydrogens (primary N) is 1. The van der Waals surface area contributed by atoms with Gasteiger partial charge in [0.2, 0.25) is 0 Å². The van der Waals surface area contributed by atoms with Crippen LogP contribution in [0.4, 0.5) is 5.69 Å². The third-order valence-electron chi connectivity index (χ3n) is 4.00. The highest BCUT2D eigenvalue weighted by Crippen LogP contribution is 2.30. The fraction of sp³-hybridized carbons (Fsp3) is 0.533. The van der Waals surface area contributed by atoms with Gasteiger partial charge in [0.25, 0.3) is 0 Å². The SMILES string of the molecule is Cc1cc(N(CCCO)C2CCC2)ccc1/C(N)=N/O. The molecule has 0 saturated heterocycles. The highest BCUT2D eigenvalue weighted by molar-refractivity contribution is 5.98. The number of hydrogen-bond donors (Lipinski definition) is 3. The Morgan fingerprint density at radius 3 is 2.70 bits per heavy atom. The van der Waals surface area contributed by atoms with E-state index >= 15 is 0 Å². The lowest BCUT2D eigenvalue weighted by atomic mass is 9.90. The van der Waals surface area contributed by atoms with E-state index in [-0.39, 0.29) is 12.4 Å². The zero-order valence-corrected chi connectivity index (χ0v) is 11.9. The molecular formula is C15H23N3O2. The van der Waals surface area contributed by atoms with E-state index in [1.807, 2.05) is 19.1 Å². The molecule has 0 radical (unpaired) electrons. The molecule has 110 valence electrons. The number of aryl methyl sites for hydroxylation is 1. The Balaban J connectivity index is 2.22. The Labute approximate surface area is 119 Å². The number of aliphatic hydroxyl groups is 1. The molecule has 4 N–H and O–H groups in total. The fourth-order valence-corrected chi connectivity index (χ4v) is 2.63. The van der Waals surface area contributed by atoms with Gasteiger partial charge in [-0.15, -0.1) is 0 Å². The normalized spacial score (nSPS) is 16.0. The van der Waals surface area contributed by atoms with Crippen LogP contribution < -0.4 is 10.6 Å². The van der Waals surface area contributed by atoms with Crippen molar-refractivity contribution in [2.24, 2.45) is 10.9 Å². The molecule has 2 rings (SSSR count). The molecule has 5 nitrogen and oxygen atoms in total. The minimum atomic E-state index is 0.139. The highest BCUT2D eigenvalue weighted by Gasteiger charge is 2.25. The summed E-state index contributed by atoms with van der Waals surface area (Å²) in [6, 6.07) is 6.55. The monoisotopic (exact) mass is 277 g/mol. The summed E-state index contributed by atoms with van der Waals surface area (Å²) in [6.45, 7) is 3.04. The van der Waals surface area contributed by atoms with Gasteiger partial charge in [-0.3, -0.25) is 0 Å². The van der Waals surface area contributed by atoms with Gasteiger partial charge in [-0.1, -0.05) is 5.16 Å². The van der Waals surface area contributed by atoms with E-state index in [2.05, 4.69) is 16.1 Å². The molecule has 0 unspecified atom stereocenters. The predicted molar refractivity (Wildman–Crippen MR) is 80.4 cm³/mol. The number of benzene rings is 1. The number of oxime groups is 1. The van der Waals surface area contributed by atoms with Gasteiger partial charge >= 0.3 is 0 Å². The zero-order chi connectivity index (χ0) is 14.5. The summed E-state index contributed by atoms with van der Waals surface area (Å²) in [5, 5.41) is 20.9. The standard InChI is InChI=1S/C15H23N3O2/c1-11-10-13(6-7-14(11)15(16)17-20)18(8-3-9-19)12-4-2-5-12/h6-7,10,12,19-20H,2-5,8-9H2,1H3,(H2,16,17). The van der Waals surface area contributed by atoms with Crippen LogP contribution in [0.25, 0.3) is 0 Å². The number of anilines is 1. The molecule has 0 heterocycles. The molecule has 0 amide bonds. The summed E-state index contributed by atoms with van der Waals surface area (Å²) in [7, 11) is 0. The second kappa shape index (κ2) is 6.61. The van der Waals surface area contributed by atoms with Crippen LogP contribution in [-0.2, 0) is 0 Å². The van der Waals surface area contributed by atoms with Gasteiger partial charge in [0, 0.05) is 30.4 Å². The molecule has 1 aliphatic rings. The first kappa shape index (κ1) is 14.7. The summed E-state index contributed by atoms with van der Waals surface area (Å²) in [5.74, 6) is 0.139. The molecule has 0 spiro atoms. The summed E-state index contributed by atoms with van der Waals surface area (Å²) in [4.78, 5) is 2.36. The van der Waals surface area contributed by atoms with Crippen LogP contribution >= 0.6 is 0 Å². The molecular weight excluding hydrogens is 254 g/mol. The number of amidine groups is 1. The van der Waals surface area contributed by atoms with E-state index in [9.17, 15) is 0 Å². The second-order valence-electron chi connectivity index (χ2n) is 5.34. The van der Waals surface area contributed by atoms with Crippen molar-refractivity contribution >= 4 is 11.5 Å². The fourth-order valence-electron chi connectivity index (χ4n) is 2.63. The average Bonchev–Trinajstić information content (AvgIpc) is 2.40. The molecule has 0 atom stereocenters. The first-order valence-electron chi connectivity index (χ1n) is 7.13. The lowest BCUT2D eigenvalue weighted by molar-refractivity contribution is 0.283. The molecule has 1 fully saturated rings. The van der Waals surface area contributed by atoms with Crippen LogP contribution in [-0.4, -0.2) is 35.3 Å². The Hall–Kier alpha value is -1.75. The van der Waals surface area contributed by atoms with Gasteiger partial charge in [0.05, 0.1) is 0 Å². The van der Waals surface area contributed by atoms with Gasteiger partial charge in [-0.05, 0) is 56.4 Å². The predicted octanol–water partition coefficient (Wildman–Crippen LogP) is 1.83. The molecule has 5 heteroatoms. The van der Waals surface area contributed by atoms with Gasteiger partial charge < -0.3 is 20.9 Å². The second-order valence-corrected chi connectivity index (χ2v) is 5.34. The van der Waals surface area contributed by atoms with Crippen molar-refractivity contribution in [2.75, 3.05) is 18.1 Å². The van der Waals surface area contributed by atoms with E-state index in [1.165, 1.54) is 19.3 Å². The average molecular weight is 277 g/mol. The van der Waals surface area contributed by atoms with Crippen molar-refractivity contribution in [3.63, 3.8) is 0 Å². The quantitative estimate of drug-likeness (QED) is 0.321. The minimum Gasteiger partial charge on any atom is -0.409 e. The molecule has 1 aromatic rings. The summed E-state index contributed by atoms with van der Waals surface area (Å²) >= 11 is 0. The van der Waals surface area contributed by atoms with Crippen LogP contribution in [0.3, 0.4) is 0 Å². The van der Waals surface area contributed by atoms with Crippen molar-refractivity contribution in [3.05, 3.63) is 29.3 Å². The first-order chi connectivity index (χ1) is 9.67. The lowest BCUT2D eigenvalue weighted by Gasteiger charge is -2.39. The first-order valence-corrected chi connectivity index (χ1v) is 7.13. The van der Waals surface area contributed by atoms with E-state index in [0.717, 1.165) is 29.8 Å². The lowest BCUT2D eigenvalue weighted by Crippen LogP contribution is -2.41. The Bertz CT molecular complexity index is 484. The topological polar surface area (TPSA) is 82.1 Å². The van der Waals surface area contributed by atoms with Crippen molar-refractivity contribution in [3.8, 4) is 0 Å². The van der Waals surface area contributed by atoms with Gasteiger partial charge in [0.15, 0.2) is 5.84 Å². The van der Waals surface area contributed by atoms with Crippen LogP contribution in [0.15, 0.2) is 23.4 Å². The van der Waals surface area contributed by atoms with Crippen LogP contribution in [0.2, 0.25) is 0 Å². The molecule has 1 aromatic carbocycles. The zero-order valence-electron chi connectivity index (χ0n) is 11.9. The number of hydrogen-bond acceptors (Lipinski definition) is 4. The molecule has 0 aliphatic heterocycles. The van der Waals surface area contributed by atoms with Crippen molar-refractivity contribution < 1.29 is 10.3 Å². The van der Waals surface area contributed by atoms with Crippen molar-refractivity contribution in [1.82, 2.24) is 0 Å². The molecule has 1 aliphatic carbocycles. The molecule has 1 saturated carbocycles.